The lowest BCUT2D eigenvalue weighted by molar-refractivity contribution is 0.0979. The molecule has 1 saturated heterocycles. The zero-order chi connectivity index (χ0) is 14.5. The summed E-state index contributed by atoms with van der Waals surface area (Å²) in [5, 5.41) is 3.74. The van der Waals surface area contributed by atoms with Gasteiger partial charge in [0.2, 0.25) is 0 Å². The largest absolute Gasteiger partial charge is 0.311 e. The highest BCUT2D eigenvalue weighted by Gasteiger charge is 2.29. The maximum Gasteiger partial charge on any atom is 0.0573 e. The lowest BCUT2D eigenvalue weighted by Crippen LogP contribution is -2.57. The Kier molecular flexibility index (Phi) is 5.55. The number of hydrogen-bond donors (Lipinski definition) is 1. The highest BCUT2D eigenvalue weighted by atomic mass is 15.2. The van der Waals surface area contributed by atoms with Gasteiger partial charge in [0.05, 0.1) is 5.69 Å². The summed E-state index contributed by atoms with van der Waals surface area (Å²) in [6.07, 6.45) is 4.36. The lowest BCUT2D eigenvalue weighted by atomic mass is 9.94. The van der Waals surface area contributed by atoms with Crippen molar-refractivity contribution in [3.05, 3.63) is 29.6 Å². The van der Waals surface area contributed by atoms with Crippen molar-refractivity contribution in [1.82, 2.24) is 15.2 Å². The topological polar surface area (TPSA) is 28.2 Å². The normalized spacial score (nSPS) is 25.6. The number of aromatic nitrogens is 1. The Morgan fingerprint density at radius 2 is 2.25 bits per heavy atom. The van der Waals surface area contributed by atoms with Crippen molar-refractivity contribution in [3.8, 4) is 0 Å². The van der Waals surface area contributed by atoms with Crippen LogP contribution in [0, 0.1) is 12.8 Å². The van der Waals surface area contributed by atoms with Crippen molar-refractivity contribution in [2.24, 2.45) is 5.92 Å². The Labute approximate surface area is 123 Å². The Balaban J connectivity index is 2.07. The molecule has 2 rings (SSSR count). The standard InChI is InChI=1S/C17H29N3/c1-5-13(3)16-11-20(15(6-2)10-19-16)12-17-14(4)8-7-9-18-17/h7-9,13,15-16,19H,5-6,10-12H2,1-4H3. The van der Waals surface area contributed by atoms with Gasteiger partial charge in [-0.3, -0.25) is 9.88 Å². The van der Waals surface area contributed by atoms with E-state index in [2.05, 4.69) is 49.0 Å². The van der Waals surface area contributed by atoms with Gasteiger partial charge in [0.1, 0.15) is 0 Å². The number of hydrogen-bond acceptors (Lipinski definition) is 3. The highest BCUT2D eigenvalue weighted by Crippen LogP contribution is 2.19. The van der Waals surface area contributed by atoms with E-state index < -0.39 is 0 Å². The fraction of sp³-hybridized carbons (Fsp3) is 0.706. The molecule has 0 amide bonds. The quantitative estimate of drug-likeness (QED) is 0.895. The summed E-state index contributed by atoms with van der Waals surface area (Å²) < 4.78 is 0. The molecule has 3 nitrogen and oxygen atoms in total. The molecule has 0 spiro atoms. The van der Waals surface area contributed by atoms with Crippen LogP contribution in [0.25, 0.3) is 0 Å². The molecule has 3 unspecified atom stereocenters. The van der Waals surface area contributed by atoms with Crippen molar-refractivity contribution in [1.29, 1.82) is 0 Å². The van der Waals surface area contributed by atoms with Crippen LogP contribution in [0.15, 0.2) is 18.3 Å². The molecular weight excluding hydrogens is 246 g/mol. The molecule has 0 radical (unpaired) electrons. The first-order chi connectivity index (χ1) is 9.65. The first-order valence-corrected chi connectivity index (χ1v) is 8.03. The number of nitrogens with zero attached hydrogens (tertiary/aromatic N) is 2. The van der Waals surface area contributed by atoms with Crippen molar-refractivity contribution < 1.29 is 0 Å². The van der Waals surface area contributed by atoms with E-state index in [4.69, 9.17) is 0 Å². The van der Waals surface area contributed by atoms with E-state index in [1.54, 1.807) is 0 Å². The second-order valence-corrected chi connectivity index (χ2v) is 6.16. The molecule has 0 aliphatic carbocycles. The van der Waals surface area contributed by atoms with Crippen LogP contribution in [0.5, 0.6) is 0 Å². The molecule has 1 N–H and O–H groups in total. The molecule has 20 heavy (non-hydrogen) atoms. The molecule has 1 aromatic rings. The summed E-state index contributed by atoms with van der Waals surface area (Å²) >= 11 is 0. The molecule has 0 aromatic carbocycles. The summed E-state index contributed by atoms with van der Waals surface area (Å²) in [6.45, 7) is 12.3. The average Bonchev–Trinajstić information content (AvgIpc) is 2.48. The highest BCUT2D eigenvalue weighted by molar-refractivity contribution is 5.17. The van der Waals surface area contributed by atoms with Crippen LogP contribution < -0.4 is 5.32 Å². The van der Waals surface area contributed by atoms with E-state index >= 15 is 0 Å². The van der Waals surface area contributed by atoms with Gasteiger partial charge in [0, 0.05) is 37.9 Å². The smallest absolute Gasteiger partial charge is 0.0573 e. The molecule has 0 saturated carbocycles. The molecule has 2 heterocycles. The number of aryl methyl sites for hydroxylation is 1. The lowest BCUT2D eigenvalue weighted by Gasteiger charge is -2.42. The van der Waals surface area contributed by atoms with Crippen LogP contribution in [-0.4, -0.2) is 35.1 Å². The summed E-state index contributed by atoms with van der Waals surface area (Å²) in [7, 11) is 0. The maximum atomic E-state index is 4.57. The second kappa shape index (κ2) is 7.19. The number of nitrogens with one attached hydrogen (secondary N) is 1. The zero-order valence-electron chi connectivity index (χ0n) is 13.4. The van der Waals surface area contributed by atoms with Crippen LogP contribution in [0.1, 0.15) is 44.9 Å². The zero-order valence-corrected chi connectivity index (χ0v) is 13.4. The fourth-order valence-corrected chi connectivity index (χ4v) is 3.02. The summed E-state index contributed by atoms with van der Waals surface area (Å²) in [5.41, 5.74) is 2.54. The first-order valence-electron chi connectivity index (χ1n) is 8.03. The van der Waals surface area contributed by atoms with Gasteiger partial charge in [-0.1, -0.05) is 33.3 Å². The molecule has 0 bridgehead atoms. The van der Waals surface area contributed by atoms with E-state index in [0.717, 1.165) is 25.6 Å². The summed E-state index contributed by atoms with van der Waals surface area (Å²) in [6, 6.07) is 5.44. The molecule has 1 aromatic heterocycles. The van der Waals surface area contributed by atoms with Crippen molar-refractivity contribution in [2.45, 2.75) is 59.2 Å². The van der Waals surface area contributed by atoms with Gasteiger partial charge in [0.15, 0.2) is 0 Å². The minimum Gasteiger partial charge on any atom is -0.311 e. The molecule has 3 atom stereocenters. The van der Waals surface area contributed by atoms with Crippen LogP contribution in [0.4, 0.5) is 0 Å². The van der Waals surface area contributed by atoms with Crippen molar-refractivity contribution >= 4 is 0 Å². The van der Waals surface area contributed by atoms with E-state index in [1.165, 1.54) is 24.1 Å². The van der Waals surface area contributed by atoms with Gasteiger partial charge in [-0.15, -0.1) is 0 Å². The molecule has 1 fully saturated rings. The summed E-state index contributed by atoms with van der Waals surface area (Å²) in [5.74, 6) is 0.736. The monoisotopic (exact) mass is 275 g/mol. The Bertz CT molecular complexity index is 418. The Morgan fingerprint density at radius 1 is 1.45 bits per heavy atom. The fourth-order valence-electron chi connectivity index (χ4n) is 3.02. The average molecular weight is 275 g/mol. The SMILES string of the molecule is CCC(C)C1CN(Cc2ncccc2C)C(CC)CN1. The Morgan fingerprint density at radius 3 is 2.90 bits per heavy atom. The predicted molar refractivity (Wildman–Crippen MR) is 84.7 cm³/mol. The second-order valence-electron chi connectivity index (χ2n) is 6.16. The number of pyridine rings is 1. The van der Waals surface area contributed by atoms with E-state index in [1.807, 2.05) is 12.3 Å². The molecule has 1 aliphatic rings. The molecular formula is C17H29N3. The van der Waals surface area contributed by atoms with Gasteiger partial charge in [-0.2, -0.15) is 0 Å². The number of rotatable bonds is 5. The third kappa shape index (κ3) is 3.58. The minimum atomic E-state index is 0.617. The van der Waals surface area contributed by atoms with Crippen LogP contribution >= 0.6 is 0 Å². The molecule has 112 valence electrons. The van der Waals surface area contributed by atoms with Crippen molar-refractivity contribution in [2.75, 3.05) is 13.1 Å². The first kappa shape index (κ1) is 15.5. The van der Waals surface area contributed by atoms with E-state index in [-0.39, 0.29) is 0 Å². The van der Waals surface area contributed by atoms with Gasteiger partial charge < -0.3 is 5.32 Å². The van der Waals surface area contributed by atoms with Crippen LogP contribution in [0.3, 0.4) is 0 Å². The summed E-state index contributed by atoms with van der Waals surface area (Å²) in [4.78, 5) is 7.20. The molecule has 1 aliphatic heterocycles. The maximum absolute atomic E-state index is 4.57. The molecule has 3 heteroatoms. The minimum absolute atomic E-state index is 0.617. The van der Waals surface area contributed by atoms with E-state index in [0.29, 0.717) is 12.1 Å². The van der Waals surface area contributed by atoms with E-state index in [9.17, 15) is 0 Å². The third-order valence-corrected chi connectivity index (χ3v) is 4.84. The van der Waals surface area contributed by atoms with Gasteiger partial charge in [-0.05, 0) is 30.9 Å². The van der Waals surface area contributed by atoms with Crippen LogP contribution in [-0.2, 0) is 6.54 Å². The van der Waals surface area contributed by atoms with Crippen molar-refractivity contribution in [3.63, 3.8) is 0 Å². The van der Waals surface area contributed by atoms with Gasteiger partial charge >= 0.3 is 0 Å². The Hall–Kier alpha value is -0.930. The predicted octanol–water partition coefficient (Wildman–Crippen LogP) is 2.99. The third-order valence-electron chi connectivity index (χ3n) is 4.84. The number of piperazine rings is 1. The van der Waals surface area contributed by atoms with Gasteiger partial charge in [0.25, 0.3) is 0 Å². The van der Waals surface area contributed by atoms with Crippen LogP contribution in [0.2, 0.25) is 0 Å². The van der Waals surface area contributed by atoms with Gasteiger partial charge in [-0.25, -0.2) is 0 Å².